The lowest BCUT2D eigenvalue weighted by molar-refractivity contribution is -0.148. The molecule has 4 nitrogen and oxygen atoms in total. The van der Waals surface area contributed by atoms with Crippen LogP contribution in [0.15, 0.2) is 0 Å². The van der Waals surface area contributed by atoms with Crippen molar-refractivity contribution in [3.8, 4) is 0 Å². The van der Waals surface area contributed by atoms with Gasteiger partial charge >= 0.3 is 5.97 Å². The van der Waals surface area contributed by atoms with E-state index in [4.69, 9.17) is 11.3 Å². The summed E-state index contributed by atoms with van der Waals surface area (Å²) in [5.74, 6) is -0.0992. The Kier molecular flexibility index (Phi) is 5.13. The number of esters is 1. The van der Waals surface area contributed by atoms with Crippen molar-refractivity contribution < 1.29 is 9.53 Å². The van der Waals surface area contributed by atoms with Crippen LogP contribution in [-0.2, 0) is 9.53 Å². The average Bonchev–Trinajstić information content (AvgIpc) is 2.67. The molecule has 1 fully saturated rings. The molecule has 0 aromatic rings. The first-order valence-electron chi connectivity index (χ1n) is 5.53. The van der Waals surface area contributed by atoms with Crippen molar-refractivity contribution in [1.82, 2.24) is 4.90 Å². The van der Waals surface area contributed by atoms with Crippen LogP contribution in [0.4, 0.5) is 0 Å². The second-order valence-electron chi connectivity index (χ2n) is 3.68. The van der Waals surface area contributed by atoms with Crippen LogP contribution in [-0.4, -0.2) is 43.2 Å². The van der Waals surface area contributed by atoms with Crippen molar-refractivity contribution in [1.29, 1.82) is 0 Å². The molecule has 1 saturated heterocycles. The van der Waals surface area contributed by atoms with Gasteiger partial charge in [-0.25, -0.2) is 6.57 Å². The molecule has 0 aliphatic carbocycles. The summed E-state index contributed by atoms with van der Waals surface area (Å²) in [5, 5.41) is 0. The highest BCUT2D eigenvalue weighted by atomic mass is 16.5. The maximum Gasteiger partial charge on any atom is 0.323 e. The number of rotatable bonds is 5. The maximum absolute atomic E-state index is 11.6. The molecule has 4 heteroatoms. The fraction of sp³-hybridized carbons (Fsp3) is 0.818. The topological polar surface area (TPSA) is 33.9 Å². The quantitative estimate of drug-likeness (QED) is 0.390. The molecule has 1 heterocycles. The Morgan fingerprint density at radius 1 is 1.67 bits per heavy atom. The molecule has 1 aliphatic rings. The van der Waals surface area contributed by atoms with E-state index >= 15 is 0 Å². The number of ether oxygens (including phenoxy) is 1. The summed E-state index contributed by atoms with van der Waals surface area (Å²) in [6.07, 6.45) is 2.80. The molecular formula is C11H18N2O2. The molecule has 1 unspecified atom stereocenters. The van der Waals surface area contributed by atoms with E-state index in [2.05, 4.69) is 9.74 Å². The zero-order chi connectivity index (χ0) is 11.1. The number of carbonyl (C=O) groups excluding carboxylic acids is 1. The smallest absolute Gasteiger partial charge is 0.323 e. The van der Waals surface area contributed by atoms with Gasteiger partial charge in [0.2, 0.25) is 6.54 Å². The lowest BCUT2D eigenvalue weighted by Crippen LogP contribution is -2.38. The van der Waals surface area contributed by atoms with Crippen LogP contribution in [0.3, 0.4) is 0 Å². The number of nitrogens with zero attached hydrogens (tertiary/aromatic N) is 2. The van der Waals surface area contributed by atoms with Gasteiger partial charge in [0, 0.05) is 13.0 Å². The molecule has 0 bridgehead atoms. The van der Waals surface area contributed by atoms with Crippen molar-refractivity contribution >= 4 is 5.97 Å². The lowest BCUT2D eigenvalue weighted by Gasteiger charge is -2.21. The SMILES string of the molecule is [C-]#[N+]CCCN1CCCC1C(=O)OCC. The third-order valence-electron chi connectivity index (χ3n) is 2.64. The summed E-state index contributed by atoms with van der Waals surface area (Å²) in [5.41, 5.74) is 0. The van der Waals surface area contributed by atoms with Gasteiger partial charge in [-0.3, -0.25) is 9.69 Å². The van der Waals surface area contributed by atoms with Gasteiger partial charge in [-0.1, -0.05) is 0 Å². The van der Waals surface area contributed by atoms with E-state index in [1.807, 2.05) is 6.92 Å². The minimum atomic E-state index is -0.0992. The number of likely N-dealkylation sites (tertiary alicyclic amines) is 1. The predicted octanol–water partition coefficient (Wildman–Crippen LogP) is 1.32. The largest absolute Gasteiger partial charge is 0.465 e. The Bertz CT molecular complexity index is 247. The van der Waals surface area contributed by atoms with Crippen molar-refractivity contribution in [2.45, 2.75) is 32.2 Å². The molecule has 1 rings (SSSR count). The van der Waals surface area contributed by atoms with Crippen LogP contribution < -0.4 is 0 Å². The third-order valence-corrected chi connectivity index (χ3v) is 2.64. The van der Waals surface area contributed by atoms with E-state index in [-0.39, 0.29) is 12.0 Å². The lowest BCUT2D eigenvalue weighted by atomic mass is 10.2. The van der Waals surface area contributed by atoms with Gasteiger partial charge in [0.25, 0.3) is 0 Å². The standard InChI is InChI=1S/C11H18N2O2/c1-3-15-11(14)10-6-4-8-13(10)9-5-7-12-2/h10H,3-9H2,1H3. The molecule has 0 aromatic heterocycles. The monoisotopic (exact) mass is 210 g/mol. The van der Waals surface area contributed by atoms with E-state index < -0.39 is 0 Å². The molecular weight excluding hydrogens is 192 g/mol. The number of hydrogen-bond acceptors (Lipinski definition) is 3. The highest BCUT2D eigenvalue weighted by molar-refractivity contribution is 5.76. The molecule has 0 spiro atoms. The van der Waals surface area contributed by atoms with E-state index in [0.29, 0.717) is 13.2 Å². The summed E-state index contributed by atoms with van der Waals surface area (Å²) in [6, 6.07) is -0.0596. The molecule has 0 radical (unpaired) electrons. The highest BCUT2D eigenvalue weighted by Gasteiger charge is 2.31. The minimum Gasteiger partial charge on any atom is -0.465 e. The van der Waals surface area contributed by atoms with Gasteiger partial charge < -0.3 is 9.58 Å². The van der Waals surface area contributed by atoms with Gasteiger partial charge in [-0.05, 0) is 26.3 Å². The third kappa shape index (κ3) is 3.52. The first-order chi connectivity index (χ1) is 7.29. The summed E-state index contributed by atoms with van der Waals surface area (Å²) in [4.78, 5) is 17.0. The molecule has 84 valence electrons. The molecule has 1 aliphatic heterocycles. The molecule has 0 aromatic carbocycles. The van der Waals surface area contributed by atoms with E-state index in [1.54, 1.807) is 0 Å². The van der Waals surface area contributed by atoms with Crippen LogP contribution in [0.5, 0.6) is 0 Å². The normalized spacial score (nSPS) is 21.2. The second kappa shape index (κ2) is 6.41. The molecule has 0 amide bonds. The summed E-state index contributed by atoms with van der Waals surface area (Å²) in [7, 11) is 0. The van der Waals surface area contributed by atoms with Crippen molar-refractivity contribution in [3.05, 3.63) is 11.4 Å². The van der Waals surface area contributed by atoms with Crippen molar-refractivity contribution in [2.24, 2.45) is 0 Å². The van der Waals surface area contributed by atoms with Gasteiger partial charge in [0.15, 0.2) is 0 Å². The molecule has 0 N–H and O–H groups in total. The van der Waals surface area contributed by atoms with Crippen molar-refractivity contribution in [3.63, 3.8) is 0 Å². The van der Waals surface area contributed by atoms with Gasteiger partial charge in [-0.15, -0.1) is 0 Å². The van der Waals surface area contributed by atoms with E-state index in [1.165, 1.54) is 0 Å². The minimum absolute atomic E-state index is 0.0596. The second-order valence-corrected chi connectivity index (χ2v) is 3.68. The average molecular weight is 210 g/mol. The fourth-order valence-corrected chi connectivity index (χ4v) is 1.95. The Morgan fingerprint density at radius 3 is 3.13 bits per heavy atom. The van der Waals surface area contributed by atoms with Gasteiger partial charge in [0.1, 0.15) is 6.04 Å². The summed E-state index contributed by atoms with van der Waals surface area (Å²) >= 11 is 0. The Labute approximate surface area is 91.0 Å². The number of carbonyl (C=O) groups is 1. The fourth-order valence-electron chi connectivity index (χ4n) is 1.95. The number of hydrogen-bond donors (Lipinski definition) is 0. The zero-order valence-electron chi connectivity index (χ0n) is 9.24. The van der Waals surface area contributed by atoms with Crippen molar-refractivity contribution in [2.75, 3.05) is 26.2 Å². The Hall–Kier alpha value is -1.08. The van der Waals surface area contributed by atoms with Gasteiger partial charge in [0.05, 0.1) is 6.61 Å². The summed E-state index contributed by atoms with van der Waals surface area (Å²) < 4.78 is 5.02. The first kappa shape index (κ1) is 12.0. The molecule has 1 atom stereocenters. The zero-order valence-corrected chi connectivity index (χ0v) is 9.24. The van der Waals surface area contributed by atoms with Crippen LogP contribution >= 0.6 is 0 Å². The van der Waals surface area contributed by atoms with Crippen LogP contribution in [0.2, 0.25) is 0 Å². The van der Waals surface area contributed by atoms with E-state index in [9.17, 15) is 4.79 Å². The van der Waals surface area contributed by atoms with Crippen LogP contribution in [0.1, 0.15) is 26.2 Å². The van der Waals surface area contributed by atoms with Gasteiger partial charge in [-0.2, -0.15) is 0 Å². The molecule has 0 saturated carbocycles. The van der Waals surface area contributed by atoms with Crippen LogP contribution in [0.25, 0.3) is 4.85 Å². The van der Waals surface area contributed by atoms with E-state index in [0.717, 1.165) is 32.4 Å². The summed E-state index contributed by atoms with van der Waals surface area (Å²) in [6.45, 7) is 11.3. The Morgan fingerprint density at radius 2 is 2.47 bits per heavy atom. The molecule has 15 heavy (non-hydrogen) atoms. The first-order valence-corrected chi connectivity index (χ1v) is 5.53. The highest BCUT2D eigenvalue weighted by Crippen LogP contribution is 2.18. The van der Waals surface area contributed by atoms with Crippen LogP contribution in [0, 0.1) is 6.57 Å². The predicted molar refractivity (Wildman–Crippen MR) is 57.3 cm³/mol. The Balaban J connectivity index is 2.36. The maximum atomic E-state index is 11.6.